The number of hydrogen-bond acceptors (Lipinski definition) is 5. The Morgan fingerprint density at radius 3 is 2.31 bits per heavy atom. The van der Waals surface area contributed by atoms with Crippen molar-refractivity contribution >= 4 is 46.5 Å². The maximum Gasteiger partial charge on any atom is 0.321 e. The van der Waals surface area contributed by atoms with Gasteiger partial charge in [-0.05, 0) is 61.4 Å². The quantitative estimate of drug-likeness (QED) is 0.492. The molecule has 4 amide bonds. The fraction of sp³-hybridized carbons (Fsp3) is 0.241. The van der Waals surface area contributed by atoms with Gasteiger partial charge in [0.05, 0.1) is 18.3 Å². The van der Waals surface area contributed by atoms with E-state index in [0.717, 1.165) is 5.69 Å². The van der Waals surface area contributed by atoms with Gasteiger partial charge < -0.3 is 25.3 Å². The second-order valence-corrected chi connectivity index (χ2v) is 10.0. The largest absolute Gasteiger partial charge is 0.339 e. The smallest absolute Gasteiger partial charge is 0.321 e. The number of carbonyl (C=O) groups excluding carboxylic acids is 3. The van der Waals surface area contributed by atoms with Crippen LogP contribution in [-0.2, 0) is 9.59 Å². The van der Waals surface area contributed by atoms with Crippen LogP contribution in [0.5, 0.6) is 0 Å². The number of benzene rings is 3. The Labute approximate surface area is 231 Å². The maximum atomic E-state index is 13.9. The molecule has 2 saturated heterocycles. The van der Waals surface area contributed by atoms with Crippen LogP contribution in [0, 0.1) is 11.3 Å². The number of hydrogen-bond donors (Lipinski definition) is 2. The molecule has 2 aliphatic rings. The highest BCUT2D eigenvalue weighted by atomic mass is 35.5. The number of likely N-dealkylation sites (tertiary alicyclic amines) is 1. The van der Waals surface area contributed by atoms with Gasteiger partial charge in [-0.15, -0.1) is 0 Å². The van der Waals surface area contributed by atoms with Gasteiger partial charge in [-0.3, -0.25) is 9.59 Å². The molecule has 2 aliphatic heterocycles. The van der Waals surface area contributed by atoms with Gasteiger partial charge in [0.1, 0.15) is 12.1 Å². The zero-order valence-electron chi connectivity index (χ0n) is 21.1. The molecule has 3 aromatic rings. The molecule has 0 atom stereocenters. The molecule has 198 valence electrons. The number of anilines is 3. The normalized spacial score (nSPS) is 16.2. The van der Waals surface area contributed by atoms with E-state index in [9.17, 15) is 14.4 Å². The van der Waals surface area contributed by atoms with Crippen LogP contribution in [0.25, 0.3) is 0 Å². The number of amides is 4. The number of nitrogens with one attached hydrogen (secondary N) is 2. The molecule has 5 rings (SSSR count). The average Bonchev–Trinajstić information content (AvgIpc) is 3.20. The van der Waals surface area contributed by atoms with E-state index in [-0.39, 0.29) is 31.1 Å². The van der Waals surface area contributed by atoms with Crippen LogP contribution in [0.3, 0.4) is 0 Å². The third-order valence-corrected chi connectivity index (χ3v) is 7.38. The number of rotatable bonds is 5. The van der Waals surface area contributed by atoms with Crippen LogP contribution in [0.2, 0.25) is 5.02 Å². The highest BCUT2D eigenvalue weighted by Gasteiger charge is 2.54. The zero-order valence-corrected chi connectivity index (χ0v) is 21.9. The van der Waals surface area contributed by atoms with Crippen LogP contribution >= 0.6 is 11.6 Å². The molecule has 0 aromatic heterocycles. The van der Waals surface area contributed by atoms with Crippen LogP contribution in [0.4, 0.5) is 21.9 Å². The lowest BCUT2D eigenvalue weighted by atomic mass is 9.85. The maximum absolute atomic E-state index is 13.9. The molecule has 3 aromatic carbocycles. The summed E-state index contributed by atoms with van der Waals surface area (Å²) in [7, 11) is 0. The van der Waals surface area contributed by atoms with Crippen molar-refractivity contribution in [3.8, 4) is 6.07 Å². The Morgan fingerprint density at radius 2 is 1.62 bits per heavy atom. The molecule has 0 bridgehead atoms. The first-order valence-electron chi connectivity index (χ1n) is 12.6. The van der Waals surface area contributed by atoms with E-state index in [4.69, 9.17) is 16.9 Å². The first-order valence-corrected chi connectivity index (χ1v) is 13.0. The number of carbonyl (C=O) groups is 3. The summed E-state index contributed by atoms with van der Waals surface area (Å²) >= 11 is 6.03. The number of urea groups is 1. The van der Waals surface area contributed by atoms with E-state index < -0.39 is 5.54 Å². The Balaban J connectivity index is 1.30. The number of nitriles is 1. The molecule has 0 saturated carbocycles. The minimum absolute atomic E-state index is 0.101. The number of para-hydroxylation sites is 1. The van der Waals surface area contributed by atoms with Crippen molar-refractivity contribution in [1.29, 1.82) is 5.26 Å². The lowest BCUT2D eigenvalue weighted by molar-refractivity contribution is -0.136. The van der Waals surface area contributed by atoms with E-state index in [1.54, 1.807) is 58.3 Å². The molecule has 0 aliphatic carbocycles. The fourth-order valence-electron chi connectivity index (χ4n) is 5.21. The Kier molecular flexibility index (Phi) is 7.39. The van der Waals surface area contributed by atoms with Crippen molar-refractivity contribution in [1.82, 2.24) is 9.80 Å². The topological polar surface area (TPSA) is 109 Å². The van der Waals surface area contributed by atoms with Crippen molar-refractivity contribution in [2.24, 2.45) is 0 Å². The third-order valence-electron chi connectivity index (χ3n) is 7.15. The Bertz CT molecular complexity index is 1430. The van der Waals surface area contributed by atoms with Gasteiger partial charge in [-0.1, -0.05) is 41.9 Å². The molecular formula is C29H27ClN6O3. The van der Waals surface area contributed by atoms with Crippen LogP contribution in [-0.4, -0.2) is 59.5 Å². The van der Waals surface area contributed by atoms with Crippen molar-refractivity contribution in [3.05, 3.63) is 89.4 Å². The summed E-state index contributed by atoms with van der Waals surface area (Å²) in [5.74, 6) is -0.443. The molecule has 0 unspecified atom stereocenters. The number of piperidine rings is 1. The van der Waals surface area contributed by atoms with Gasteiger partial charge in [-0.25, -0.2) is 4.79 Å². The van der Waals surface area contributed by atoms with E-state index in [2.05, 4.69) is 16.7 Å². The predicted molar refractivity (Wildman–Crippen MR) is 149 cm³/mol. The van der Waals surface area contributed by atoms with Gasteiger partial charge in [0.15, 0.2) is 0 Å². The molecule has 2 fully saturated rings. The molecule has 9 nitrogen and oxygen atoms in total. The van der Waals surface area contributed by atoms with E-state index in [1.165, 1.54) is 0 Å². The van der Waals surface area contributed by atoms with Crippen molar-refractivity contribution in [2.45, 2.75) is 18.4 Å². The molecule has 10 heteroatoms. The van der Waals surface area contributed by atoms with Crippen LogP contribution in [0.1, 0.15) is 18.4 Å². The van der Waals surface area contributed by atoms with Crippen molar-refractivity contribution < 1.29 is 14.4 Å². The molecule has 39 heavy (non-hydrogen) atoms. The molecule has 2 heterocycles. The van der Waals surface area contributed by atoms with Gasteiger partial charge in [-0.2, -0.15) is 5.26 Å². The standard InChI is InChI=1S/C29H27ClN6O3/c30-22-7-5-9-24(17-22)32-26(37)19-35-20-36(25-10-2-1-3-11-25)29(27(35)38)12-14-34(15-13-29)28(39)33-23-8-4-6-21(16-23)18-31/h1-11,16-17H,12-15,19-20H2,(H,32,37)(H,33,39). The van der Waals surface area contributed by atoms with E-state index in [1.807, 2.05) is 35.2 Å². The van der Waals surface area contributed by atoms with Crippen LogP contribution in [0.15, 0.2) is 78.9 Å². The minimum atomic E-state index is -0.866. The summed E-state index contributed by atoms with van der Waals surface area (Å²) < 4.78 is 0. The summed E-state index contributed by atoms with van der Waals surface area (Å²) in [5, 5.41) is 15.3. The second kappa shape index (κ2) is 11.1. The third kappa shape index (κ3) is 5.52. The molecule has 0 radical (unpaired) electrons. The van der Waals surface area contributed by atoms with E-state index >= 15 is 0 Å². The van der Waals surface area contributed by atoms with Crippen molar-refractivity contribution in [2.75, 3.05) is 41.8 Å². The average molecular weight is 543 g/mol. The Hall–Kier alpha value is -4.55. The second-order valence-electron chi connectivity index (χ2n) is 9.61. The summed E-state index contributed by atoms with van der Waals surface area (Å²) in [6.45, 7) is 0.887. The number of nitrogens with zero attached hydrogens (tertiary/aromatic N) is 4. The molecule has 1 spiro atoms. The Morgan fingerprint density at radius 1 is 0.923 bits per heavy atom. The lowest BCUT2D eigenvalue weighted by Crippen LogP contribution is -2.58. The highest BCUT2D eigenvalue weighted by molar-refractivity contribution is 6.30. The van der Waals surface area contributed by atoms with Gasteiger partial charge in [0, 0.05) is 35.2 Å². The summed E-state index contributed by atoms with van der Waals surface area (Å²) in [5.41, 5.74) is 1.58. The van der Waals surface area contributed by atoms with E-state index in [0.29, 0.717) is 47.9 Å². The van der Waals surface area contributed by atoms with Gasteiger partial charge in [0.25, 0.3) is 5.91 Å². The summed E-state index contributed by atoms with van der Waals surface area (Å²) in [4.78, 5) is 45.0. The first kappa shape index (κ1) is 26.1. The first-order chi connectivity index (χ1) is 18.9. The molecule has 2 N–H and O–H groups in total. The zero-order chi connectivity index (χ0) is 27.4. The van der Waals surface area contributed by atoms with Crippen LogP contribution < -0.4 is 15.5 Å². The lowest BCUT2D eigenvalue weighted by Gasteiger charge is -2.43. The predicted octanol–water partition coefficient (Wildman–Crippen LogP) is 4.52. The summed E-state index contributed by atoms with van der Waals surface area (Å²) in [6, 6.07) is 25.0. The summed E-state index contributed by atoms with van der Waals surface area (Å²) in [6.07, 6.45) is 0.831. The number of halogens is 1. The minimum Gasteiger partial charge on any atom is -0.339 e. The fourth-order valence-corrected chi connectivity index (χ4v) is 5.40. The van der Waals surface area contributed by atoms with Gasteiger partial charge in [0.2, 0.25) is 5.91 Å². The molecular weight excluding hydrogens is 516 g/mol. The SMILES string of the molecule is N#Cc1cccc(NC(=O)N2CCC3(CC2)C(=O)N(CC(=O)Nc2cccc(Cl)c2)CN3c2ccccc2)c1. The highest BCUT2D eigenvalue weighted by Crippen LogP contribution is 2.39. The van der Waals surface area contributed by atoms with Crippen molar-refractivity contribution in [3.63, 3.8) is 0 Å². The monoisotopic (exact) mass is 542 g/mol. The van der Waals surface area contributed by atoms with Gasteiger partial charge >= 0.3 is 6.03 Å².